The van der Waals surface area contributed by atoms with Gasteiger partial charge in [0.05, 0.1) is 5.02 Å². The molecule has 0 spiro atoms. The van der Waals surface area contributed by atoms with E-state index in [0.29, 0.717) is 21.7 Å². The van der Waals surface area contributed by atoms with Crippen LogP contribution >= 0.6 is 23.2 Å². The van der Waals surface area contributed by atoms with E-state index in [1.165, 1.54) is 0 Å². The van der Waals surface area contributed by atoms with Gasteiger partial charge in [0.2, 0.25) is 0 Å². The molecule has 1 amide bonds. The Bertz CT molecular complexity index is 510. The Kier molecular flexibility index (Phi) is 5.73. The van der Waals surface area contributed by atoms with Gasteiger partial charge in [-0.05, 0) is 50.6 Å². The van der Waals surface area contributed by atoms with Crippen molar-refractivity contribution in [2.45, 2.75) is 32.4 Å². The number of hydrogen-bond acceptors (Lipinski definition) is 3. The minimum absolute atomic E-state index is 0.125. The first kappa shape index (κ1) is 16.4. The molecule has 21 heavy (non-hydrogen) atoms. The monoisotopic (exact) mass is 330 g/mol. The molecule has 3 unspecified atom stereocenters. The summed E-state index contributed by atoms with van der Waals surface area (Å²) in [6.07, 6.45) is 0.326. The smallest absolute Gasteiger partial charge is 0.261 e. The van der Waals surface area contributed by atoms with Crippen LogP contribution in [0.15, 0.2) is 18.2 Å². The third-order valence-electron chi connectivity index (χ3n) is 3.68. The lowest BCUT2D eigenvalue weighted by Crippen LogP contribution is -2.51. The summed E-state index contributed by atoms with van der Waals surface area (Å²) < 4.78 is 5.62. The molecule has 1 heterocycles. The summed E-state index contributed by atoms with van der Waals surface area (Å²) in [7, 11) is 0. The van der Waals surface area contributed by atoms with E-state index in [4.69, 9.17) is 27.9 Å². The van der Waals surface area contributed by atoms with Crippen molar-refractivity contribution < 1.29 is 9.53 Å². The van der Waals surface area contributed by atoms with Crippen molar-refractivity contribution in [2.75, 3.05) is 13.1 Å². The zero-order valence-electron chi connectivity index (χ0n) is 12.2. The maximum absolute atomic E-state index is 12.2. The molecule has 1 fully saturated rings. The van der Waals surface area contributed by atoms with Crippen LogP contribution in [0.1, 0.15) is 20.3 Å². The largest absolute Gasteiger partial charge is 0.479 e. The molecule has 1 aromatic rings. The number of benzene rings is 1. The van der Waals surface area contributed by atoms with Gasteiger partial charge in [0.1, 0.15) is 5.75 Å². The van der Waals surface area contributed by atoms with Crippen LogP contribution in [0.3, 0.4) is 0 Å². The number of piperidine rings is 1. The predicted molar refractivity (Wildman–Crippen MR) is 85.1 cm³/mol. The molecular formula is C15H20Cl2N2O2. The number of amides is 1. The van der Waals surface area contributed by atoms with Gasteiger partial charge in [-0.3, -0.25) is 4.79 Å². The van der Waals surface area contributed by atoms with Crippen molar-refractivity contribution >= 4 is 29.1 Å². The molecule has 4 nitrogen and oxygen atoms in total. The van der Waals surface area contributed by atoms with Crippen LogP contribution in [-0.4, -0.2) is 31.1 Å². The minimum Gasteiger partial charge on any atom is -0.479 e. The van der Waals surface area contributed by atoms with Gasteiger partial charge in [-0.25, -0.2) is 0 Å². The van der Waals surface area contributed by atoms with Crippen LogP contribution < -0.4 is 15.4 Å². The zero-order chi connectivity index (χ0) is 15.4. The van der Waals surface area contributed by atoms with Gasteiger partial charge in [-0.1, -0.05) is 30.1 Å². The quantitative estimate of drug-likeness (QED) is 0.892. The number of rotatable bonds is 4. The number of hydrogen-bond donors (Lipinski definition) is 2. The Morgan fingerprint density at radius 1 is 1.48 bits per heavy atom. The fourth-order valence-electron chi connectivity index (χ4n) is 2.34. The van der Waals surface area contributed by atoms with Crippen molar-refractivity contribution in [2.24, 2.45) is 5.92 Å². The molecule has 0 aromatic heterocycles. The van der Waals surface area contributed by atoms with E-state index in [1.54, 1.807) is 25.1 Å². The molecule has 1 saturated heterocycles. The third kappa shape index (κ3) is 4.50. The molecule has 2 rings (SSSR count). The molecule has 3 atom stereocenters. The molecule has 0 saturated carbocycles. The van der Waals surface area contributed by atoms with Gasteiger partial charge in [0, 0.05) is 11.1 Å². The number of carbonyl (C=O) groups is 1. The van der Waals surface area contributed by atoms with Gasteiger partial charge >= 0.3 is 0 Å². The maximum Gasteiger partial charge on any atom is 0.261 e. The van der Waals surface area contributed by atoms with E-state index >= 15 is 0 Å². The van der Waals surface area contributed by atoms with Crippen LogP contribution in [0.4, 0.5) is 0 Å². The molecule has 1 aromatic carbocycles. The van der Waals surface area contributed by atoms with Crippen LogP contribution in [-0.2, 0) is 4.79 Å². The molecule has 1 aliphatic rings. The Balaban J connectivity index is 1.92. The van der Waals surface area contributed by atoms with Crippen LogP contribution in [0.25, 0.3) is 0 Å². The topological polar surface area (TPSA) is 50.4 Å². The molecule has 116 valence electrons. The van der Waals surface area contributed by atoms with Gasteiger partial charge in [0.15, 0.2) is 6.10 Å². The molecule has 6 heteroatoms. The van der Waals surface area contributed by atoms with E-state index in [2.05, 4.69) is 17.6 Å². The molecule has 0 aliphatic carbocycles. The normalized spacial score (nSPS) is 23.4. The standard InChI is InChI=1S/C15H20Cl2N2O2/c1-9-8-18-6-5-13(9)19-15(20)10(2)21-14-4-3-11(16)7-12(14)17/h3-4,7,9-10,13,18H,5-6,8H2,1-2H3,(H,19,20). The van der Waals surface area contributed by atoms with Gasteiger partial charge in [-0.2, -0.15) is 0 Å². The summed E-state index contributed by atoms with van der Waals surface area (Å²) in [5, 5.41) is 7.29. The summed E-state index contributed by atoms with van der Waals surface area (Å²) in [4.78, 5) is 12.2. The second kappa shape index (κ2) is 7.34. The van der Waals surface area contributed by atoms with E-state index < -0.39 is 6.10 Å². The van der Waals surface area contributed by atoms with E-state index in [9.17, 15) is 4.79 Å². The lowest BCUT2D eigenvalue weighted by molar-refractivity contribution is -0.128. The Labute approximate surface area is 135 Å². The molecule has 0 bridgehead atoms. The first-order chi connectivity index (χ1) is 9.97. The minimum atomic E-state index is -0.606. The summed E-state index contributed by atoms with van der Waals surface area (Å²) in [5.41, 5.74) is 0. The third-order valence-corrected chi connectivity index (χ3v) is 4.21. The number of halogens is 2. The highest BCUT2D eigenvalue weighted by Gasteiger charge is 2.25. The van der Waals surface area contributed by atoms with Crippen molar-refractivity contribution in [3.63, 3.8) is 0 Å². The Morgan fingerprint density at radius 3 is 2.90 bits per heavy atom. The maximum atomic E-state index is 12.2. The van der Waals surface area contributed by atoms with E-state index in [1.807, 2.05) is 0 Å². The molecule has 2 N–H and O–H groups in total. The SMILES string of the molecule is CC(Oc1ccc(Cl)cc1Cl)C(=O)NC1CCNCC1C. The Morgan fingerprint density at radius 2 is 2.24 bits per heavy atom. The second-order valence-electron chi connectivity index (χ2n) is 5.42. The summed E-state index contributed by atoms with van der Waals surface area (Å²) in [6.45, 7) is 5.68. The average Bonchev–Trinajstić information content (AvgIpc) is 2.44. The molecule has 0 radical (unpaired) electrons. The fourth-order valence-corrected chi connectivity index (χ4v) is 2.80. The highest BCUT2D eigenvalue weighted by atomic mass is 35.5. The number of nitrogens with one attached hydrogen (secondary N) is 2. The van der Waals surface area contributed by atoms with Crippen molar-refractivity contribution in [1.82, 2.24) is 10.6 Å². The number of carbonyl (C=O) groups excluding carboxylic acids is 1. The molecular weight excluding hydrogens is 311 g/mol. The van der Waals surface area contributed by atoms with Crippen molar-refractivity contribution in [3.05, 3.63) is 28.2 Å². The highest BCUT2D eigenvalue weighted by Crippen LogP contribution is 2.28. The van der Waals surface area contributed by atoms with E-state index in [-0.39, 0.29) is 11.9 Å². The first-order valence-electron chi connectivity index (χ1n) is 7.10. The van der Waals surface area contributed by atoms with Gasteiger partial charge < -0.3 is 15.4 Å². The zero-order valence-corrected chi connectivity index (χ0v) is 13.7. The summed E-state index contributed by atoms with van der Waals surface area (Å²) in [6, 6.07) is 5.13. The summed E-state index contributed by atoms with van der Waals surface area (Å²) >= 11 is 11.9. The predicted octanol–water partition coefficient (Wildman–Crippen LogP) is 2.87. The van der Waals surface area contributed by atoms with Gasteiger partial charge in [0.25, 0.3) is 5.91 Å². The van der Waals surface area contributed by atoms with E-state index in [0.717, 1.165) is 19.5 Å². The highest BCUT2D eigenvalue weighted by molar-refractivity contribution is 6.35. The van der Waals surface area contributed by atoms with Crippen LogP contribution in [0.2, 0.25) is 10.0 Å². The average molecular weight is 331 g/mol. The summed E-state index contributed by atoms with van der Waals surface area (Å²) in [5.74, 6) is 0.746. The molecule has 1 aliphatic heterocycles. The van der Waals surface area contributed by atoms with Crippen LogP contribution in [0, 0.1) is 5.92 Å². The lowest BCUT2D eigenvalue weighted by Gasteiger charge is -2.31. The first-order valence-corrected chi connectivity index (χ1v) is 7.85. The van der Waals surface area contributed by atoms with Crippen molar-refractivity contribution in [1.29, 1.82) is 0 Å². The van der Waals surface area contributed by atoms with Crippen molar-refractivity contribution in [3.8, 4) is 5.75 Å². The van der Waals surface area contributed by atoms with Gasteiger partial charge in [-0.15, -0.1) is 0 Å². The fraction of sp³-hybridized carbons (Fsp3) is 0.533. The van der Waals surface area contributed by atoms with Crippen LogP contribution in [0.5, 0.6) is 5.75 Å². The Hall–Kier alpha value is -0.970. The second-order valence-corrected chi connectivity index (χ2v) is 6.26. The lowest BCUT2D eigenvalue weighted by atomic mass is 9.95. The number of ether oxygens (including phenoxy) is 1.